The zero-order chi connectivity index (χ0) is 97.4. The van der Waals surface area contributed by atoms with Crippen LogP contribution in [0.5, 0.6) is 0 Å². The van der Waals surface area contributed by atoms with Crippen LogP contribution < -0.4 is 37.2 Å². The third-order valence-electron chi connectivity index (χ3n) is 23.7. The number of amides is 7. The Morgan fingerprint density at radius 2 is 0.409 bits per heavy atom. The van der Waals surface area contributed by atoms with E-state index in [1.54, 1.807) is 0 Å². The van der Waals surface area contributed by atoms with Crippen molar-refractivity contribution in [3.05, 3.63) is 0 Å². The van der Waals surface area contributed by atoms with Gasteiger partial charge in [-0.25, -0.2) is 0 Å². The van der Waals surface area contributed by atoms with Crippen molar-refractivity contribution < 1.29 is 251 Å². The van der Waals surface area contributed by atoms with Crippen LogP contribution in [0.1, 0.15) is 48.5 Å². The summed E-state index contributed by atoms with van der Waals surface area (Å²) in [6.45, 7) is -4.81. The second-order valence-electron chi connectivity index (χ2n) is 33.2. The molecule has 10 fully saturated rings. The number of carbonyl (C=O) groups excluding carboxylic acids is 7. The van der Waals surface area contributed by atoms with Gasteiger partial charge in [-0.05, 0) is 0 Å². The van der Waals surface area contributed by atoms with Gasteiger partial charge in [0.2, 0.25) is 41.4 Å². The maximum Gasteiger partial charge on any atom is 0.217 e. The smallest absolute Gasteiger partial charge is 0.217 e. The number of ether oxygens (including phenoxy) is 19. The molecule has 0 unspecified atom stereocenters. The number of hydrogen-bond donors (Lipinski definition) is 32. The van der Waals surface area contributed by atoms with E-state index in [2.05, 4.69) is 37.2 Å². The van der Waals surface area contributed by atoms with E-state index in [1.165, 1.54) is 0 Å². The number of nitrogens with one attached hydrogen (secondary N) is 7. The largest absolute Gasteiger partial charge is 0.394 e. The lowest BCUT2D eigenvalue weighted by atomic mass is 9.93. The number of carbonyl (C=O) groups is 7. The van der Waals surface area contributed by atoms with Gasteiger partial charge >= 0.3 is 0 Å². The number of hydrogen-bond acceptors (Lipinski definition) is 51. The van der Waals surface area contributed by atoms with E-state index >= 15 is 0 Å². The molecule has 58 heteroatoms. The predicted octanol–water partition coefficient (Wildman–Crippen LogP) is -21.8. The predicted molar refractivity (Wildman–Crippen MR) is 411 cm³/mol. The first-order valence-electron chi connectivity index (χ1n) is 42.1. The molecule has 0 spiro atoms. The molecule has 32 N–H and O–H groups in total. The van der Waals surface area contributed by atoms with Crippen molar-refractivity contribution >= 4 is 41.4 Å². The molecule has 0 aliphatic carbocycles. The number of aliphatic hydroxyl groups is 25. The zero-order valence-corrected chi connectivity index (χ0v) is 71.7. The van der Waals surface area contributed by atoms with Crippen molar-refractivity contribution in [1.29, 1.82) is 0 Å². The molecule has 132 heavy (non-hydrogen) atoms. The van der Waals surface area contributed by atoms with Gasteiger partial charge in [0.1, 0.15) is 244 Å². The summed E-state index contributed by atoms with van der Waals surface area (Å²) in [5.74, 6) is -6.43. The van der Waals surface area contributed by atoms with Crippen LogP contribution in [0.3, 0.4) is 0 Å². The highest BCUT2D eigenvalue weighted by Crippen LogP contribution is 2.42. The van der Waals surface area contributed by atoms with Crippen molar-refractivity contribution in [2.45, 2.75) is 355 Å². The summed E-state index contributed by atoms with van der Waals surface area (Å²) in [6, 6.07) is -13.1. The van der Waals surface area contributed by atoms with Gasteiger partial charge < -0.3 is 255 Å². The fraction of sp³-hybridized carbons (Fsp3) is 0.905. The molecule has 0 aromatic heterocycles. The summed E-state index contributed by atoms with van der Waals surface area (Å²) < 4.78 is 116. The van der Waals surface area contributed by atoms with Crippen LogP contribution in [0.2, 0.25) is 0 Å². The van der Waals surface area contributed by atoms with Gasteiger partial charge in [0.15, 0.2) is 62.9 Å². The molecule has 10 rings (SSSR count). The molecule has 0 bridgehead atoms. The van der Waals surface area contributed by atoms with Crippen LogP contribution in [0.15, 0.2) is 0 Å². The van der Waals surface area contributed by atoms with Crippen molar-refractivity contribution in [2.75, 3.05) is 66.1 Å². The highest BCUT2D eigenvalue weighted by Gasteiger charge is 2.63. The summed E-state index contributed by atoms with van der Waals surface area (Å²) >= 11 is 0. The van der Waals surface area contributed by atoms with Crippen LogP contribution in [0, 0.1) is 0 Å². The van der Waals surface area contributed by atoms with Crippen LogP contribution >= 0.6 is 0 Å². The minimum absolute atomic E-state index is 0.771. The average molecular weight is 1930 g/mol. The molecular weight excluding hydrogens is 1800 g/mol. The minimum Gasteiger partial charge on any atom is -0.394 e. The molecule has 58 nitrogen and oxygen atoms in total. The quantitative estimate of drug-likeness (QED) is 0.0280. The SMILES string of the molecule is CC(=O)N[C@@H]1[C@@H](O)[C@H](O[C@@H]2O[C@H](CO)[C@@H](O[C@@H]3O[C@H](CO)[C@@H](O[C@@H]4O[C@H](CO)[C@@H](O[C@@H]5O[C@H](CO)[C@@H](O)[C@H](O)[C@H]5NC(C)=O)[C@H](O[C@H]5O[C@H](CO)[C@@H](O[C@@H]6O[C@H](CO[C@H]7O[C@H](CO)[C@@H](O)[C@H](O)[C@@H]7O[C@@H]7O[C@H](CO)[C@@H](O)[C@H](O)[C@H]7NC(C)=O)[C@@H](O)[C@H](O)[C@H]6NC(C)=O)[C@H](O)[C@@H]5O[C@@H]5O[C@H](CO)[C@@H](O)[C@H](O)[C@H]5NC(C)=O)[C@@H]4O)[C@H](O)[C@H]3NC(C)=O)[C@H](O)[C@H]2NC(C)=O)[C@@H](CO)O[C@H]1O. The third-order valence-corrected chi connectivity index (χ3v) is 23.7. The van der Waals surface area contributed by atoms with Crippen LogP contribution in [0.25, 0.3) is 0 Å². The Labute approximate surface area is 748 Å². The molecule has 10 aliphatic heterocycles. The summed E-state index contributed by atoms with van der Waals surface area (Å²) in [4.78, 5) is 89.8. The fourth-order valence-corrected chi connectivity index (χ4v) is 17.2. The average Bonchev–Trinajstić information content (AvgIpc) is 0.751. The Bertz CT molecular complexity index is 3710. The Hall–Kier alpha value is -5.47. The van der Waals surface area contributed by atoms with Crippen molar-refractivity contribution in [3.8, 4) is 0 Å². The normalized spacial score (nSPS) is 46.7. The van der Waals surface area contributed by atoms with Crippen LogP contribution in [0.4, 0.5) is 0 Å². The van der Waals surface area contributed by atoms with Crippen molar-refractivity contribution in [1.82, 2.24) is 37.2 Å². The lowest BCUT2D eigenvalue weighted by Gasteiger charge is -2.52. The molecule has 50 atom stereocenters. The van der Waals surface area contributed by atoms with Crippen molar-refractivity contribution in [3.63, 3.8) is 0 Å². The first kappa shape index (κ1) is 109. The summed E-state index contributed by atoms with van der Waals surface area (Å²) in [7, 11) is 0. The highest BCUT2D eigenvalue weighted by molar-refractivity contribution is 5.75. The number of aliphatic hydroxyl groups excluding tert-OH is 25. The molecule has 7 amide bonds. The van der Waals surface area contributed by atoms with Crippen molar-refractivity contribution in [2.24, 2.45) is 0 Å². The van der Waals surface area contributed by atoms with Gasteiger partial charge in [-0.1, -0.05) is 0 Å². The van der Waals surface area contributed by atoms with Gasteiger partial charge in [0.25, 0.3) is 0 Å². The lowest BCUT2D eigenvalue weighted by molar-refractivity contribution is -0.409. The molecule has 0 radical (unpaired) electrons. The summed E-state index contributed by atoms with van der Waals surface area (Å²) in [5.41, 5.74) is 0. The van der Waals surface area contributed by atoms with E-state index in [0.29, 0.717) is 0 Å². The highest BCUT2D eigenvalue weighted by atomic mass is 16.8. The monoisotopic (exact) mass is 1930 g/mol. The summed E-state index contributed by atoms with van der Waals surface area (Å²) in [5, 5.41) is 300. The van der Waals surface area contributed by atoms with E-state index < -0.39 is 414 Å². The number of rotatable bonds is 35. The van der Waals surface area contributed by atoms with Crippen LogP contribution in [-0.4, -0.2) is 542 Å². The second-order valence-corrected chi connectivity index (χ2v) is 33.2. The topological polar surface area (TPSA) is 885 Å². The molecule has 10 saturated heterocycles. The van der Waals surface area contributed by atoms with E-state index in [4.69, 9.17) is 90.0 Å². The maximum absolute atomic E-state index is 13.3. The van der Waals surface area contributed by atoms with E-state index in [1.807, 2.05) is 0 Å². The molecule has 0 aromatic rings. The first-order chi connectivity index (χ1) is 62.4. The Morgan fingerprint density at radius 1 is 0.197 bits per heavy atom. The van der Waals surface area contributed by atoms with E-state index in [0.717, 1.165) is 48.5 Å². The second kappa shape index (κ2) is 47.9. The lowest BCUT2D eigenvalue weighted by Crippen LogP contribution is -2.72. The van der Waals surface area contributed by atoms with Gasteiger partial charge in [-0.2, -0.15) is 0 Å². The van der Waals surface area contributed by atoms with Gasteiger partial charge in [0, 0.05) is 48.5 Å². The van der Waals surface area contributed by atoms with Gasteiger partial charge in [-0.15, -0.1) is 0 Å². The van der Waals surface area contributed by atoms with Crippen LogP contribution in [-0.2, 0) is 124 Å². The molecule has 0 aromatic carbocycles. The Balaban J connectivity index is 1.00. The molecular formula is C74H123N7O51. The maximum atomic E-state index is 13.3. The third kappa shape index (κ3) is 24.7. The zero-order valence-electron chi connectivity index (χ0n) is 71.7. The molecule has 10 heterocycles. The molecule has 760 valence electrons. The standard InChI is InChI=1S/C74H123N7O51/c1-18(91)75-35-51(107)57(29(12-86)115-65(35)113)125-70-40(80-23(6)96)52(108)58(30(13-87)120-70)126-71-41(81-24(7)97)53(109)59(31(14-88)121-71)128-72-56(112)62(61(33(16-90)122-72)129-66-36(76-19(2)92)47(103)42(98)25(8-82)116-66)130-74-64(132-68-38(78-21(4)94)49(105)44(100)27(10-84)118-68)55(111)60(32(15-89)123-74)127-69-39(79-22(5)95)50(106)46(102)34(124-69)17-114-73-63(54(110)45(101)28(11-85)119-73)131-67-37(77-20(3)93)48(104)43(99)26(9-83)117-67/h25-74,82-90,98-113H,8-17H2,1-7H3,(H,75,91)(H,76,92)(H,77,93)(H,78,94)(H,79,95)(H,80,96)(H,81,97)/t25-,26-,27-,28-,29-,30-,31-,32-,33-,34-,35-,36-,37-,38-,39-,40-,41-,42-,43-,44-,45-,46-,47-,48-,49-,50-,51-,52-,53-,54+,55+,56+,57-,58-,59-,60-,61-,62-,63+,64+,65-,66+,67+,68+,69+,70+,71+,72+,73+,74-/m1/s1. The molecule has 10 aliphatic rings. The van der Waals surface area contributed by atoms with Gasteiger partial charge in [-0.3, -0.25) is 33.6 Å². The van der Waals surface area contributed by atoms with E-state index in [9.17, 15) is 161 Å². The minimum atomic E-state index is -2.69. The van der Waals surface area contributed by atoms with Gasteiger partial charge in [0.05, 0.1) is 66.1 Å². The fourth-order valence-electron chi connectivity index (χ4n) is 17.2. The Morgan fingerprint density at radius 3 is 0.742 bits per heavy atom. The first-order valence-corrected chi connectivity index (χ1v) is 42.1. The Kier molecular flexibility index (Phi) is 39.4. The van der Waals surface area contributed by atoms with E-state index in [-0.39, 0.29) is 0 Å². The molecule has 0 saturated carbocycles. The summed E-state index contributed by atoms with van der Waals surface area (Å²) in [6.07, 6.45) is -91.4.